The van der Waals surface area contributed by atoms with Crippen LogP contribution in [-0.2, 0) is 0 Å². The molecule has 1 saturated heterocycles. The van der Waals surface area contributed by atoms with Crippen molar-refractivity contribution in [1.82, 2.24) is 19.6 Å². The highest BCUT2D eigenvalue weighted by atomic mass is 19.1. The lowest BCUT2D eigenvalue weighted by Crippen LogP contribution is -2.49. The third kappa shape index (κ3) is 5.54. The summed E-state index contributed by atoms with van der Waals surface area (Å²) in [5.74, 6) is -0.445. The highest BCUT2D eigenvalue weighted by molar-refractivity contribution is 5.94. The van der Waals surface area contributed by atoms with Gasteiger partial charge in [-0.1, -0.05) is 66.7 Å². The minimum absolute atomic E-state index is 0.0875. The number of carbonyl (C=O) groups is 1. The van der Waals surface area contributed by atoms with E-state index in [0.717, 1.165) is 36.4 Å². The maximum absolute atomic E-state index is 14.6. The second-order valence-electron chi connectivity index (χ2n) is 9.50. The molecule has 0 unspecified atom stereocenters. The summed E-state index contributed by atoms with van der Waals surface area (Å²) < 4.78 is 16.3. The number of amides is 1. The zero-order valence-corrected chi connectivity index (χ0v) is 21.3. The van der Waals surface area contributed by atoms with E-state index in [1.807, 2.05) is 55.1 Å². The van der Waals surface area contributed by atoms with Gasteiger partial charge in [-0.15, -0.1) is 0 Å². The number of benzene rings is 3. The molecule has 0 aliphatic carbocycles. The molecule has 5 rings (SSSR count). The Hall–Kier alpha value is -4.03. The fourth-order valence-corrected chi connectivity index (χ4v) is 4.66. The smallest absolute Gasteiger partial charge is 0.272 e. The van der Waals surface area contributed by atoms with E-state index in [-0.39, 0.29) is 11.7 Å². The van der Waals surface area contributed by atoms with Crippen molar-refractivity contribution in [2.75, 3.05) is 32.7 Å². The molecule has 188 valence electrons. The van der Waals surface area contributed by atoms with E-state index in [1.54, 1.807) is 28.9 Å². The lowest BCUT2D eigenvalue weighted by Gasteiger charge is -2.34. The molecule has 4 aromatic rings. The largest absolute Gasteiger partial charge is 0.335 e. The molecule has 6 heteroatoms. The number of aryl methyl sites for hydroxylation is 2. The Morgan fingerprint density at radius 3 is 2.41 bits per heavy atom. The van der Waals surface area contributed by atoms with E-state index in [0.29, 0.717) is 30.0 Å². The van der Waals surface area contributed by atoms with Crippen molar-refractivity contribution >= 4 is 12.0 Å². The van der Waals surface area contributed by atoms with E-state index in [9.17, 15) is 9.18 Å². The fourth-order valence-electron chi connectivity index (χ4n) is 4.66. The van der Waals surface area contributed by atoms with Crippen LogP contribution in [-0.4, -0.2) is 58.2 Å². The summed E-state index contributed by atoms with van der Waals surface area (Å²) in [7, 11) is 0. The molecule has 37 heavy (non-hydrogen) atoms. The number of carbonyl (C=O) groups excluding carboxylic acids is 1. The maximum Gasteiger partial charge on any atom is 0.272 e. The lowest BCUT2D eigenvalue weighted by molar-refractivity contribution is 0.0641. The third-order valence-corrected chi connectivity index (χ3v) is 6.80. The molecule has 1 aliphatic rings. The normalized spacial score (nSPS) is 14.4. The molecule has 0 atom stereocenters. The van der Waals surface area contributed by atoms with Crippen LogP contribution in [0.25, 0.3) is 23.0 Å². The van der Waals surface area contributed by atoms with Gasteiger partial charge in [0.2, 0.25) is 0 Å². The molecule has 3 aromatic carbocycles. The van der Waals surface area contributed by atoms with Crippen LogP contribution in [0.2, 0.25) is 0 Å². The van der Waals surface area contributed by atoms with Crippen LogP contribution < -0.4 is 0 Å². The van der Waals surface area contributed by atoms with Crippen molar-refractivity contribution < 1.29 is 9.18 Å². The zero-order valence-electron chi connectivity index (χ0n) is 21.3. The van der Waals surface area contributed by atoms with E-state index >= 15 is 0 Å². The van der Waals surface area contributed by atoms with Gasteiger partial charge in [0.25, 0.3) is 5.91 Å². The number of halogens is 1. The standard InChI is InChI=1S/C31H31FN4O/c1-23-14-15-24(2)29(21-23)36-30(22-28(33-36)26-12-6-7-13-27(26)32)31(37)35-19-17-34(18-20-35)16-8-11-25-9-4-3-5-10-25/h3-15,21-22H,16-20H2,1-2H3/b11-8+. The number of hydrogen-bond acceptors (Lipinski definition) is 3. The Morgan fingerprint density at radius 1 is 0.919 bits per heavy atom. The predicted molar refractivity (Wildman–Crippen MR) is 146 cm³/mol. The van der Waals surface area contributed by atoms with Gasteiger partial charge in [0, 0.05) is 38.3 Å². The van der Waals surface area contributed by atoms with Gasteiger partial charge in [0.15, 0.2) is 0 Å². The van der Waals surface area contributed by atoms with Crippen molar-refractivity contribution in [1.29, 1.82) is 0 Å². The molecule has 1 aromatic heterocycles. The van der Waals surface area contributed by atoms with Crippen molar-refractivity contribution in [3.63, 3.8) is 0 Å². The second-order valence-corrected chi connectivity index (χ2v) is 9.50. The molecule has 0 radical (unpaired) electrons. The van der Waals surface area contributed by atoms with Crippen molar-refractivity contribution in [3.05, 3.63) is 113 Å². The average molecular weight is 495 g/mol. The van der Waals surface area contributed by atoms with Gasteiger partial charge in [-0.25, -0.2) is 9.07 Å². The van der Waals surface area contributed by atoms with Gasteiger partial charge in [0.05, 0.1) is 11.4 Å². The van der Waals surface area contributed by atoms with Gasteiger partial charge in [0.1, 0.15) is 11.5 Å². The Kier molecular flexibility index (Phi) is 7.28. The monoisotopic (exact) mass is 494 g/mol. The quantitative estimate of drug-likeness (QED) is 0.342. The molecule has 1 amide bonds. The molecule has 5 nitrogen and oxygen atoms in total. The molecule has 0 bridgehead atoms. The average Bonchev–Trinajstić information content (AvgIpc) is 3.36. The topological polar surface area (TPSA) is 41.4 Å². The molecule has 0 saturated carbocycles. The van der Waals surface area contributed by atoms with Crippen LogP contribution in [0.5, 0.6) is 0 Å². The van der Waals surface area contributed by atoms with Crippen LogP contribution in [0.3, 0.4) is 0 Å². The fraction of sp³-hybridized carbons (Fsp3) is 0.226. The summed E-state index contributed by atoms with van der Waals surface area (Å²) in [4.78, 5) is 18.0. The second kappa shape index (κ2) is 10.9. The van der Waals surface area contributed by atoms with Crippen molar-refractivity contribution in [2.45, 2.75) is 13.8 Å². The Balaban J connectivity index is 1.36. The third-order valence-electron chi connectivity index (χ3n) is 6.80. The molecule has 0 N–H and O–H groups in total. The number of rotatable bonds is 6. The Labute approximate surface area is 217 Å². The number of piperazine rings is 1. The van der Waals surface area contributed by atoms with Crippen molar-refractivity contribution in [2.24, 2.45) is 0 Å². The van der Waals surface area contributed by atoms with E-state index in [1.165, 1.54) is 11.6 Å². The van der Waals surface area contributed by atoms with E-state index < -0.39 is 0 Å². The van der Waals surface area contributed by atoms with Crippen LogP contribution in [0.15, 0.2) is 84.9 Å². The molecule has 1 aliphatic heterocycles. The summed E-state index contributed by atoms with van der Waals surface area (Å²) in [5.41, 5.74) is 5.36. The molecular formula is C31H31FN4O. The van der Waals surface area contributed by atoms with E-state index in [2.05, 4.69) is 29.2 Å². The minimum Gasteiger partial charge on any atom is -0.335 e. The summed E-state index contributed by atoms with van der Waals surface area (Å²) in [6, 6.07) is 24.6. The number of nitrogens with zero attached hydrogens (tertiary/aromatic N) is 4. The SMILES string of the molecule is Cc1ccc(C)c(-n2nc(-c3ccccc3F)cc2C(=O)N2CCN(C/C=C/c3ccccc3)CC2)c1. The number of aromatic nitrogens is 2. The summed E-state index contributed by atoms with van der Waals surface area (Å²) in [6.45, 7) is 7.70. The minimum atomic E-state index is -0.357. The van der Waals surface area contributed by atoms with Crippen LogP contribution in [0, 0.1) is 19.7 Å². The first kappa shape index (κ1) is 24.7. The summed E-state index contributed by atoms with van der Waals surface area (Å²) in [5, 5.41) is 4.72. The lowest BCUT2D eigenvalue weighted by atomic mass is 10.1. The summed E-state index contributed by atoms with van der Waals surface area (Å²) in [6.07, 6.45) is 4.30. The van der Waals surface area contributed by atoms with Gasteiger partial charge >= 0.3 is 0 Å². The highest BCUT2D eigenvalue weighted by Gasteiger charge is 2.27. The number of hydrogen-bond donors (Lipinski definition) is 0. The van der Waals surface area contributed by atoms with Crippen LogP contribution >= 0.6 is 0 Å². The highest BCUT2D eigenvalue weighted by Crippen LogP contribution is 2.27. The Bertz CT molecular complexity index is 1420. The first-order valence-electron chi connectivity index (χ1n) is 12.7. The maximum atomic E-state index is 14.6. The molecule has 1 fully saturated rings. The Morgan fingerprint density at radius 2 is 1.65 bits per heavy atom. The molecule has 2 heterocycles. The van der Waals surface area contributed by atoms with Gasteiger partial charge in [-0.05, 0) is 54.8 Å². The van der Waals surface area contributed by atoms with Gasteiger partial charge in [-0.2, -0.15) is 5.10 Å². The zero-order chi connectivity index (χ0) is 25.8. The molecular weight excluding hydrogens is 463 g/mol. The van der Waals surface area contributed by atoms with Crippen LogP contribution in [0.1, 0.15) is 27.2 Å². The van der Waals surface area contributed by atoms with Crippen LogP contribution in [0.4, 0.5) is 4.39 Å². The van der Waals surface area contributed by atoms with Crippen molar-refractivity contribution in [3.8, 4) is 16.9 Å². The molecule has 0 spiro atoms. The van der Waals surface area contributed by atoms with Gasteiger partial charge in [-0.3, -0.25) is 9.69 Å². The van der Waals surface area contributed by atoms with E-state index in [4.69, 9.17) is 5.10 Å². The summed E-state index contributed by atoms with van der Waals surface area (Å²) >= 11 is 0. The predicted octanol–water partition coefficient (Wildman–Crippen LogP) is 5.77. The van der Waals surface area contributed by atoms with Gasteiger partial charge < -0.3 is 4.90 Å². The first-order chi connectivity index (χ1) is 18.0. The first-order valence-corrected chi connectivity index (χ1v) is 12.7.